The van der Waals surface area contributed by atoms with Gasteiger partial charge < -0.3 is 9.74 Å². The topological polar surface area (TPSA) is 55.4 Å². The Morgan fingerprint density at radius 3 is 2.19 bits per heavy atom. The Hall–Kier alpha value is -1.93. The first kappa shape index (κ1) is 23.1. The molecule has 0 aliphatic carbocycles. The third kappa shape index (κ3) is 7.30. The highest BCUT2D eigenvalue weighted by atomic mass is 28.4. The van der Waals surface area contributed by atoms with Crippen molar-refractivity contribution in [2.75, 3.05) is 6.61 Å². The molecule has 27 heavy (non-hydrogen) atoms. The monoisotopic (exact) mass is 401 g/mol. The van der Waals surface area contributed by atoms with Crippen molar-refractivity contribution in [1.29, 1.82) is 0 Å². The van der Waals surface area contributed by atoms with E-state index in [1.54, 1.807) is 30.3 Å². The Balaban J connectivity index is 2.92. The van der Waals surface area contributed by atoms with Crippen LogP contribution in [0.5, 0.6) is 0 Å². The zero-order chi connectivity index (χ0) is 20.9. The van der Waals surface area contributed by atoms with Gasteiger partial charge in [0.15, 0.2) is 14.1 Å². The molecule has 1 rings (SSSR count). The van der Waals surface area contributed by atoms with Gasteiger partial charge in [-0.05, 0) is 24.2 Å². The Morgan fingerprint density at radius 2 is 1.70 bits per heavy atom. The number of ketones is 1. The smallest absolute Gasteiger partial charge is 0.414 e. The van der Waals surface area contributed by atoms with Crippen molar-refractivity contribution in [2.24, 2.45) is 0 Å². The summed E-state index contributed by atoms with van der Waals surface area (Å²) in [6.45, 7) is 9.76. The number of allylic oxidation sites excluding steroid dienone is 1. The molecule has 0 aliphatic heterocycles. The van der Waals surface area contributed by atoms with Crippen LogP contribution >= 0.6 is 0 Å². The summed E-state index contributed by atoms with van der Waals surface area (Å²) >= 11 is 0. The third-order valence-corrected chi connectivity index (χ3v) is 9.04. The van der Waals surface area contributed by atoms with E-state index in [1.165, 1.54) is 6.08 Å². The lowest BCUT2D eigenvalue weighted by Crippen LogP contribution is -2.48. The fourth-order valence-corrected chi connectivity index (χ4v) is 2.84. The van der Waals surface area contributed by atoms with Crippen LogP contribution in [0.4, 0.5) is 13.2 Å². The predicted molar refractivity (Wildman–Crippen MR) is 101 cm³/mol. The summed E-state index contributed by atoms with van der Waals surface area (Å²) < 4.78 is 43.7. The lowest BCUT2D eigenvalue weighted by Gasteiger charge is -2.37. The van der Waals surface area contributed by atoms with Crippen LogP contribution in [0.3, 0.4) is 0 Å². The summed E-state index contributed by atoms with van der Waals surface area (Å²) in [5.74, 6) is -2.43. The van der Waals surface area contributed by atoms with Crippen LogP contribution in [0.2, 0.25) is 18.1 Å². The summed E-state index contributed by atoms with van der Waals surface area (Å²) in [5, 5.41) is 1.74. The number of carbonyl (C=O) groups is 2. The maximum absolute atomic E-state index is 12.6. The number of hydrogen-bond acceptors (Lipinski definition) is 3. The summed E-state index contributed by atoms with van der Waals surface area (Å²) in [5.41, 5.74) is 0.403. The van der Waals surface area contributed by atoms with Crippen molar-refractivity contribution < 1.29 is 27.2 Å². The van der Waals surface area contributed by atoms with E-state index >= 15 is 0 Å². The van der Waals surface area contributed by atoms with E-state index in [9.17, 15) is 22.8 Å². The van der Waals surface area contributed by atoms with E-state index in [2.05, 4.69) is 0 Å². The highest BCUT2D eigenvalue weighted by molar-refractivity contribution is 6.74. The number of hydrogen-bond donors (Lipinski definition) is 1. The molecular weight excluding hydrogens is 375 g/mol. The van der Waals surface area contributed by atoms with Crippen molar-refractivity contribution in [1.82, 2.24) is 5.32 Å². The molecule has 0 radical (unpaired) electrons. The third-order valence-electron chi connectivity index (χ3n) is 4.54. The molecule has 150 valence electrons. The molecule has 0 bridgehead atoms. The second-order valence-corrected chi connectivity index (χ2v) is 12.5. The van der Waals surface area contributed by atoms with Gasteiger partial charge in [-0.3, -0.25) is 9.59 Å². The Morgan fingerprint density at radius 1 is 1.15 bits per heavy atom. The Bertz CT molecular complexity index is 680. The van der Waals surface area contributed by atoms with Crippen LogP contribution in [0.15, 0.2) is 42.5 Å². The van der Waals surface area contributed by atoms with E-state index in [0.717, 1.165) is 6.08 Å². The van der Waals surface area contributed by atoms with Crippen LogP contribution in [0, 0.1) is 0 Å². The highest BCUT2D eigenvalue weighted by Gasteiger charge is 2.41. The van der Waals surface area contributed by atoms with Gasteiger partial charge in [-0.1, -0.05) is 57.2 Å². The first-order valence-corrected chi connectivity index (χ1v) is 11.4. The second-order valence-electron chi connectivity index (χ2n) is 7.74. The molecule has 1 N–H and O–H groups in total. The normalized spacial score (nSPS) is 14.2. The number of nitrogens with one attached hydrogen (secondary N) is 1. The average Bonchev–Trinajstić information content (AvgIpc) is 2.55. The molecule has 0 saturated carbocycles. The fourth-order valence-electron chi connectivity index (χ4n) is 1.81. The number of alkyl halides is 3. The zero-order valence-corrected chi connectivity index (χ0v) is 17.2. The molecule has 1 aromatic carbocycles. The second kappa shape index (κ2) is 8.84. The van der Waals surface area contributed by atoms with Gasteiger partial charge in [-0.15, -0.1) is 0 Å². The van der Waals surface area contributed by atoms with Crippen molar-refractivity contribution in [3.8, 4) is 0 Å². The molecule has 0 unspecified atom stereocenters. The molecule has 0 fully saturated rings. The molecule has 0 aliphatic rings. The number of halogens is 3. The maximum Gasteiger partial charge on any atom is 0.471 e. The SMILES string of the molecule is CC(C)(C)[Si](C)(C)OC[C@@H](/C=C/C(=O)c1ccccc1)NC(=O)C(F)(F)F. The minimum atomic E-state index is -5.01. The largest absolute Gasteiger partial charge is 0.471 e. The van der Waals surface area contributed by atoms with Gasteiger partial charge in [-0.2, -0.15) is 13.2 Å². The lowest BCUT2D eigenvalue weighted by atomic mass is 10.1. The van der Waals surface area contributed by atoms with E-state index in [1.807, 2.05) is 39.2 Å². The summed E-state index contributed by atoms with van der Waals surface area (Å²) in [6, 6.07) is 7.25. The fraction of sp³-hybridized carbons (Fsp3) is 0.474. The van der Waals surface area contributed by atoms with Crippen LogP contribution in [-0.4, -0.2) is 38.8 Å². The first-order chi connectivity index (χ1) is 12.2. The maximum atomic E-state index is 12.6. The molecule has 0 aromatic heterocycles. The van der Waals surface area contributed by atoms with Gasteiger partial charge in [0.05, 0.1) is 12.6 Å². The van der Waals surface area contributed by atoms with Crippen LogP contribution < -0.4 is 5.32 Å². The van der Waals surface area contributed by atoms with Gasteiger partial charge in [0, 0.05) is 5.56 Å². The van der Waals surface area contributed by atoms with Gasteiger partial charge in [-0.25, -0.2) is 0 Å². The summed E-state index contributed by atoms with van der Waals surface area (Å²) in [4.78, 5) is 23.5. The van der Waals surface area contributed by atoms with Crippen molar-refractivity contribution >= 4 is 20.0 Å². The molecule has 4 nitrogen and oxygen atoms in total. The molecular formula is C19H26F3NO3Si. The number of carbonyl (C=O) groups excluding carboxylic acids is 2. The van der Waals surface area contributed by atoms with Crippen molar-refractivity contribution in [2.45, 2.75) is 51.1 Å². The van der Waals surface area contributed by atoms with Crippen LogP contribution in [-0.2, 0) is 9.22 Å². The zero-order valence-electron chi connectivity index (χ0n) is 16.2. The standard InChI is InChI=1S/C19H26F3NO3Si/c1-18(2,3)27(4,5)26-13-15(23-17(25)19(20,21)22)11-12-16(24)14-9-7-6-8-10-14/h6-12,15H,13H2,1-5H3,(H,23,25)/b12-11+/t15-/m1/s1. The molecule has 8 heteroatoms. The quantitative estimate of drug-likeness (QED) is 0.416. The van der Waals surface area contributed by atoms with E-state index in [-0.39, 0.29) is 17.4 Å². The highest BCUT2D eigenvalue weighted by Crippen LogP contribution is 2.36. The molecule has 1 atom stereocenters. The Kier molecular flexibility index (Phi) is 7.56. The number of rotatable bonds is 7. The van der Waals surface area contributed by atoms with E-state index < -0.39 is 26.4 Å². The van der Waals surface area contributed by atoms with E-state index in [4.69, 9.17) is 4.43 Å². The number of amides is 1. The summed E-state index contributed by atoms with van der Waals surface area (Å²) in [6.07, 6.45) is -2.61. The minimum Gasteiger partial charge on any atom is -0.414 e. The average molecular weight is 402 g/mol. The van der Waals surface area contributed by atoms with E-state index in [0.29, 0.717) is 5.56 Å². The van der Waals surface area contributed by atoms with Crippen molar-refractivity contribution in [3.05, 3.63) is 48.0 Å². The number of benzene rings is 1. The summed E-state index contributed by atoms with van der Waals surface area (Å²) in [7, 11) is -2.24. The van der Waals surface area contributed by atoms with Gasteiger partial charge >= 0.3 is 12.1 Å². The molecule has 0 saturated heterocycles. The van der Waals surface area contributed by atoms with Gasteiger partial charge in [0.1, 0.15) is 0 Å². The van der Waals surface area contributed by atoms with Gasteiger partial charge in [0.2, 0.25) is 0 Å². The Labute approximate surface area is 158 Å². The molecule has 0 heterocycles. The predicted octanol–water partition coefficient (Wildman–Crippen LogP) is 4.49. The molecule has 0 spiro atoms. The van der Waals surface area contributed by atoms with Crippen LogP contribution in [0.1, 0.15) is 31.1 Å². The van der Waals surface area contributed by atoms with Crippen molar-refractivity contribution in [3.63, 3.8) is 0 Å². The lowest BCUT2D eigenvalue weighted by molar-refractivity contribution is -0.174. The minimum absolute atomic E-state index is 0.142. The van der Waals surface area contributed by atoms with Gasteiger partial charge in [0.25, 0.3) is 0 Å². The molecule has 1 amide bonds. The van der Waals surface area contributed by atoms with Crippen LogP contribution in [0.25, 0.3) is 0 Å². The molecule has 1 aromatic rings. The first-order valence-electron chi connectivity index (χ1n) is 8.53.